The van der Waals surface area contributed by atoms with Gasteiger partial charge >= 0.3 is 0 Å². The van der Waals surface area contributed by atoms with Gasteiger partial charge in [0.15, 0.2) is 0 Å². The highest BCUT2D eigenvalue weighted by Crippen LogP contribution is 2.29. The van der Waals surface area contributed by atoms with Crippen molar-refractivity contribution in [2.24, 2.45) is 5.92 Å². The van der Waals surface area contributed by atoms with E-state index in [0.717, 1.165) is 30.5 Å². The number of carbonyl (C=O) groups excluding carboxylic acids is 1. The summed E-state index contributed by atoms with van der Waals surface area (Å²) in [6, 6.07) is 16.3. The zero-order valence-corrected chi connectivity index (χ0v) is 16.6. The Morgan fingerprint density at radius 2 is 1.88 bits per heavy atom. The van der Waals surface area contributed by atoms with E-state index < -0.39 is 5.60 Å². The minimum absolute atomic E-state index is 0.0570. The second-order valence-electron chi connectivity index (χ2n) is 7.55. The van der Waals surface area contributed by atoms with Crippen molar-refractivity contribution in [3.05, 3.63) is 54.1 Å². The third-order valence-corrected chi connectivity index (χ3v) is 5.98. The summed E-state index contributed by atoms with van der Waals surface area (Å²) in [4.78, 5) is 16.1. The first kappa shape index (κ1) is 19.0. The number of nitrogens with zero attached hydrogens (tertiary/aromatic N) is 1. The minimum atomic E-state index is -0.750. The van der Waals surface area contributed by atoms with E-state index >= 15 is 0 Å². The molecule has 26 heavy (non-hydrogen) atoms. The van der Waals surface area contributed by atoms with Crippen LogP contribution in [0.1, 0.15) is 37.0 Å². The molecule has 1 atom stereocenters. The molecule has 0 radical (unpaired) electrons. The average molecular weight is 370 g/mol. The summed E-state index contributed by atoms with van der Waals surface area (Å²) < 4.78 is 0. The molecule has 1 N–H and O–H groups in total. The fraction of sp³-hybridized carbons (Fsp3) is 0.409. The second kappa shape index (κ2) is 7.85. The van der Waals surface area contributed by atoms with Crippen LogP contribution in [0.4, 0.5) is 0 Å². The SMILES string of the molecule is CSc1ccc(-c2cccc(C(=O)N3CCC[C@H](C(C)(C)O)C3)c2)cc1. The standard InChI is InChI=1S/C22H27NO2S/c1-22(2,25)19-8-5-13-23(15-19)21(24)18-7-4-6-17(14-18)16-9-11-20(26-3)12-10-16/h4,6-7,9-12,14,19,25H,5,8,13,15H2,1-3H3/t19-/m0/s1. The van der Waals surface area contributed by atoms with Crippen molar-refractivity contribution in [1.29, 1.82) is 0 Å². The van der Waals surface area contributed by atoms with Crippen LogP contribution in [-0.2, 0) is 0 Å². The van der Waals surface area contributed by atoms with Crippen LogP contribution in [0.2, 0.25) is 0 Å². The van der Waals surface area contributed by atoms with Gasteiger partial charge in [-0.25, -0.2) is 0 Å². The van der Waals surface area contributed by atoms with Gasteiger partial charge in [0.25, 0.3) is 5.91 Å². The fourth-order valence-electron chi connectivity index (χ4n) is 3.54. The summed E-state index contributed by atoms with van der Waals surface area (Å²) in [7, 11) is 0. The number of amides is 1. The van der Waals surface area contributed by atoms with Crippen LogP contribution in [0.15, 0.2) is 53.4 Å². The number of rotatable bonds is 4. The van der Waals surface area contributed by atoms with Gasteiger partial charge in [-0.2, -0.15) is 0 Å². The van der Waals surface area contributed by atoms with Crippen molar-refractivity contribution >= 4 is 17.7 Å². The molecule has 1 fully saturated rings. The van der Waals surface area contributed by atoms with Crippen LogP contribution in [0, 0.1) is 5.92 Å². The predicted molar refractivity (Wildman–Crippen MR) is 109 cm³/mol. The normalized spacial score (nSPS) is 18.0. The van der Waals surface area contributed by atoms with E-state index in [0.29, 0.717) is 12.1 Å². The van der Waals surface area contributed by atoms with E-state index in [9.17, 15) is 9.90 Å². The van der Waals surface area contributed by atoms with Crippen molar-refractivity contribution in [3.8, 4) is 11.1 Å². The topological polar surface area (TPSA) is 40.5 Å². The number of aliphatic hydroxyl groups is 1. The maximum atomic E-state index is 13.0. The smallest absolute Gasteiger partial charge is 0.253 e. The molecule has 1 heterocycles. The van der Waals surface area contributed by atoms with Crippen molar-refractivity contribution < 1.29 is 9.90 Å². The lowest BCUT2D eigenvalue weighted by Crippen LogP contribution is -2.46. The van der Waals surface area contributed by atoms with Crippen LogP contribution in [0.25, 0.3) is 11.1 Å². The first-order valence-corrected chi connectivity index (χ1v) is 10.4. The van der Waals surface area contributed by atoms with E-state index in [1.54, 1.807) is 11.8 Å². The largest absolute Gasteiger partial charge is 0.390 e. The molecule has 3 rings (SSSR count). The molecule has 0 spiro atoms. The molecule has 2 aromatic carbocycles. The lowest BCUT2D eigenvalue weighted by atomic mass is 9.84. The quantitative estimate of drug-likeness (QED) is 0.794. The van der Waals surface area contributed by atoms with E-state index in [4.69, 9.17) is 0 Å². The molecule has 1 aliphatic rings. The molecule has 1 aliphatic heterocycles. The molecule has 0 saturated carbocycles. The van der Waals surface area contributed by atoms with Crippen LogP contribution >= 0.6 is 11.8 Å². The first-order chi connectivity index (χ1) is 12.4. The highest BCUT2D eigenvalue weighted by atomic mass is 32.2. The molecule has 4 heteroatoms. The molecule has 0 aliphatic carbocycles. The molecule has 1 saturated heterocycles. The van der Waals surface area contributed by atoms with Gasteiger partial charge in [0.05, 0.1) is 5.60 Å². The third kappa shape index (κ3) is 4.30. The van der Waals surface area contributed by atoms with Crippen molar-refractivity contribution in [2.75, 3.05) is 19.3 Å². The second-order valence-corrected chi connectivity index (χ2v) is 8.43. The average Bonchev–Trinajstić information content (AvgIpc) is 2.67. The zero-order valence-electron chi connectivity index (χ0n) is 15.7. The number of benzene rings is 2. The van der Waals surface area contributed by atoms with Crippen LogP contribution in [0.5, 0.6) is 0 Å². The van der Waals surface area contributed by atoms with E-state index in [-0.39, 0.29) is 11.8 Å². The Kier molecular flexibility index (Phi) is 5.73. The molecule has 1 amide bonds. The summed E-state index contributed by atoms with van der Waals surface area (Å²) in [5.41, 5.74) is 2.14. The van der Waals surface area contributed by atoms with E-state index in [1.165, 1.54) is 4.90 Å². The number of hydrogen-bond acceptors (Lipinski definition) is 3. The Bertz CT molecular complexity index is 764. The fourth-order valence-corrected chi connectivity index (χ4v) is 3.94. The van der Waals surface area contributed by atoms with Gasteiger partial charge in [-0.15, -0.1) is 11.8 Å². The number of carbonyl (C=O) groups is 1. The van der Waals surface area contributed by atoms with Gasteiger partial charge in [0.1, 0.15) is 0 Å². The Labute approximate surface area is 160 Å². The van der Waals surface area contributed by atoms with Crippen molar-refractivity contribution in [2.45, 2.75) is 37.2 Å². The Balaban J connectivity index is 1.79. The summed E-state index contributed by atoms with van der Waals surface area (Å²) in [6.07, 6.45) is 3.97. The van der Waals surface area contributed by atoms with Gasteiger partial charge in [-0.3, -0.25) is 4.79 Å². The Morgan fingerprint density at radius 3 is 2.54 bits per heavy atom. The lowest BCUT2D eigenvalue weighted by molar-refractivity contribution is -0.0146. The van der Waals surface area contributed by atoms with Gasteiger partial charge in [-0.1, -0.05) is 24.3 Å². The number of hydrogen-bond donors (Lipinski definition) is 1. The van der Waals surface area contributed by atoms with Crippen molar-refractivity contribution in [1.82, 2.24) is 4.90 Å². The van der Waals surface area contributed by atoms with Crippen LogP contribution < -0.4 is 0 Å². The van der Waals surface area contributed by atoms with Gasteiger partial charge < -0.3 is 10.0 Å². The maximum Gasteiger partial charge on any atom is 0.253 e. The predicted octanol–water partition coefficient (Wildman–Crippen LogP) is 4.70. The van der Waals surface area contributed by atoms with Gasteiger partial charge in [0, 0.05) is 29.5 Å². The molecule has 2 aromatic rings. The molecular weight excluding hydrogens is 342 g/mol. The molecule has 3 nitrogen and oxygen atoms in total. The summed E-state index contributed by atoms with van der Waals surface area (Å²) in [6.45, 7) is 5.06. The molecule has 138 valence electrons. The summed E-state index contributed by atoms with van der Waals surface area (Å²) >= 11 is 1.72. The Hall–Kier alpha value is -1.78. The molecule has 0 bridgehead atoms. The minimum Gasteiger partial charge on any atom is -0.390 e. The highest BCUT2D eigenvalue weighted by Gasteiger charge is 2.33. The molecule has 0 unspecified atom stereocenters. The van der Waals surface area contributed by atoms with E-state index in [1.807, 2.05) is 43.0 Å². The summed E-state index contributed by atoms with van der Waals surface area (Å²) in [5.74, 6) is 0.184. The first-order valence-electron chi connectivity index (χ1n) is 9.14. The van der Waals surface area contributed by atoms with E-state index in [2.05, 4.69) is 30.5 Å². The number of likely N-dealkylation sites (tertiary alicyclic amines) is 1. The van der Waals surface area contributed by atoms with Crippen LogP contribution in [-0.4, -0.2) is 40.9 Å². The monoisotopic (exact) mass is 369 g/mol. The van der Waals surface area contributed by atoms with Gasteiger partial charge in [0.2, 0.25) is 0 Å². The van der Waals surface area contributed by atoms with Crippen molar-refractivity contribution in [3.63, 3.8) is 0 Å². The van der Waals surface area contributed by atoms with Crippen LogP contribution in [0.3, 0.4) is 0 Å². The zero-order chi connectivity index (χ0) is 18.7. The third-order valence-electron chi connectivity index (χ3n) is 5.24. The summed E-state index contributed by atoms with van der Waals surface area (Å²) in [5, 5.41) is 10.3. The maximum absolute atomic E-state index is 13.0. The van der Waals surface area contributed by atoms with Gasteiger partial charge in [-0.05, 0) is 68.3 Å². The number of thioether (sulfide) groups is 1. The Morgan fingerprint density at radius 1 is 1.15 bits per heavy atom. The highest BCUT2D eigenvalue weighted by molar-refractivity contribution is 7.98. The molecule has 0 aromatic heterocycles. The number of piperidine rings is 1. The lowest BCUT2D eigenvalue weighted by Gasteiger charge is -2.38. The molecular formula is C22H27NO2S.